The third-order valence-electron chi connectivity index (χ3n) is 7.09. The molecule has 3 rings (SSSR count). The van der Waals surface area contributed by atoms with Gasteiger partial charge in [0.15, 0.2) is 0 Å². The normalized spacial score (nSPS) is 12.2. The molecular formula is C35H43N3O6. The van der Waals surface area contributed by atoms with Crippen molar-refractivity contribution in [3.05, 3.63) is 96.1 Å². The molecule has 2 atom stereocenters. The molecule has 0 heterocycles. The molecule has 0 saturated carbocycles. The molecular weight excluding hydrogens is 558 g/mol. The SMILES string of the molecule is CC(=O)NCCOC(=O)C(CCc1ccccc1)CN(CC(C)C)C(=O)N[C@@H](Cc1ccc(-c2ccccc2)cc1)C(=O)O. The minimum atomic E-state index is -1.16. The smallest absolute Gasteiger partial charge is 0.326 e. The number of carbonyl (C=O) groups is 4. The van der Waals surface area contributed by atoms with Gasteiger partial charge in [-0.3, -0.25) is 9.59 Å². The second kappa shape index (κ2) is 17.5. The van der Waals surface area contributed by atoms with Crippen molar-refractivity contribution >= 4 is 23.9 Å². The number of amides is 3. The fourth-order valence-corrected chi connectivity index (χ4v) is 4.85. The average molecular weight is 602 g/mol. The van der Waals surface area contributed by atoms with Crippen LogP contribution in [0.5, 0.6) is 0 Å². The molecule has 3 N–H and O–H groups in total. The Labute approximate surface area is 259 Å². The van der Waals surface area contributed by atoms with Crippen LogP contribution in [0.25, 0.3) is 11.1 Å². The highest BCUT2D eigenvalue weighted by Crippen LogP contribution is 2.20. The Morgan fingerprint density at radius 2 is 1.43 bits per heavy atom. The topological polar surface area (TPSA) is 125 Å². The van der Waals surface area contributed by atoms with Crippen LogP contribution in [-0.2, 0) is 32.0 Å². The van der Waals surface area contributed by atoms with Crippen LogP contribution in [0.1, 0.15) is 38.3 Å². The number of urea groups is 1. The Bertz CT molecular complexity index is 1350. The number of nitrogens with one attached hydrogen (secondary N) is 2. The van der Waals surface area contributed by atoms with Gasteiger partial charge in [-0.1, -0.05) is 98.8 Å². The summed E-state index contributed by atoms with van der Waals surface area (Å²) in [5.74, 6) is -2.42. The van der Waals surface area contributed by atoms with Gasteiger partial charge in [0.25, 0.3) is 0 Å². The quantitative estimate of drug-likeness (QED) is 0.158. The number of nitrogens with zero attached hydrogens (tertiary/aromatic N) is 1. The molecule has 0 bridgehead atoms. The predicted molar refractivity (Wildman–Crippen MR) is 170 cm³/mol. The van der Waals surface area contributed by atoms with Crippen molar-refractivity contribution in [3.8, 4) is 11.1 Å². The van der Waals surface area contributed by atoms with Gasteiger partial charge in [0.2, 0.25) is 5.91 Å². The number of ether oxygens (including phenoxy) is 1. The van der Waals surface area contributed by atoms with Crippen molar-refractivity contribution in [2.24, 2.45) is 11.8 Å². The molecule has 44 heavy (non-hydrogen) atoms. The molecule has 0 aliphatic heterocycles. The van der Waals surface area contributed by atoms with Crippen LogP contribution in [-0.4, -0.2) is 66.2 Å². The lowest BCUT2D eigenvalue weighted by Gasteiger charge is -2.30. The van der Waals surface area contributed by atoms with Gasteiger partial charge in [-0.05, 0) is 41.0 Å². The molecule has 0 aliphatic rings. The Morgan fingerprint density at radius 3 is 2.02 bits per heavy atom. The summed E-state index contributed by atoms with van der Waals surface area (Å²) in [6.45, 7) is 5.88. The zero-order chi connectivity index (χ0) is 31.9. The van der Waals surface area contributed by atoms with Gasteiger partial charge in [0, 0.05) is 26.4 Å². The van der Waals surface area contributed by atoms with Crippen LogP contribution in [0.4, 0.5) is 4.79 Å². The first-order chi connectivity index (χ1) is 21.1. The van der Waals surface area contributed by atoms with E-state index in [9.17, 15) is 24.3 Å². The minimum absolute atomic E-state index is 0.0147. The standard InChI is InChI=1S/C35H43N3O6/c1-25(2)23-38(24-31(19-14-27-10-6-4-7-11-27)34(42)44-21-20-36-26(3)39)35(43)37-32(33(40)41)22-28-15-17-30(18-16-28)29-12-8-5-9-13-29/h4-13,15-18,25,31-32H,14,19-24H2,1-3H3,(H,36,39)(H,37,43)(H,40,41)/t31?,32-/m0/s1. The second-order valence-electron chi connectivity index (χ2n) is 11.3. The van der Waals surface area contributed by atoms with Crippen molar-refractivity contribution in [1.29, 1.82) is 0 Å². The molecule has 0 fully saturated rings. The monoisotopic (exact) mass is 601 g/mol. The van der Waals surface area contributed by atoms with Crippen molar-refractivity contribution in [3.63, 3.8) is 0 Å². The molecule has 1 unspecified atom stereocenters. The fourth-order valence-electron chi connectivity index (χ4n) is 4.85. The summed E-state index contributed by atoms with van der Waals surface area (Å²) in [6, 6.07) is 25.5. The van der Waals surface area contributed by atoms with E-state index in [0.29, 0.717) is 19.4 Å². The van der Waals surface area contributed by atoms with Crippen molar-refractivity contribution in [1.82, 2.24) is 15.5 Å². The number of carboxylic acid groups (broad SMARTS) is 1. The van der Waals surface area contributed by atoms with E-state index in [0.717, 1.165) is 22.3 Å². The first kappa shape index (κ1) is 33.8. The number of rotatable bonds is 16. The third-order valence-corrected chi connectivity index (χ3v) is 7.09. The number of aryl methyl sites for hydroxylation is 1. The molecule has 234 valence electrons. The third kappa shape index (κ3) is 11.6. The maximum atomic E-state index is 13.5. The van der Waals surface area contributed by atoms with Gasteiger partial charge in [0.1, 0.15) is 12.6 Å². The van der Waals surface area contributed by atoms with Crippen molar-refractivity contribution in [2.45, 2.75) is 46.1 Å². The number of aliphatic carboxylic acids is 1. The number of benzene rings is 3. The van der Waals surface area contributed by atoms with Crippen LogP contribution in [0, 0.1) is 11.8 Å². The molecule has 3 aromatic carbocycles. The summed E-state index contributed by atoms with van der Waals surface area (Å²) in [5.41, 5.74) is 3.89. The lowest BCUT2D eigenvalue weighted by atomic mass is 9.98. The molecule has 3 aromatic rings. The summed E-state index contributed by atoms with van der Waals surface area (Å²) < 4.78 is 5.46. The van der Waals surface area contributed by atoms with E-state index >= 15 is 0 Å². The number of carbonyl (C=O) groups excluding carboxylic acids is 3. The predicted octanol–water partition coefficient (Wildman–Crippen LogP) is 4.95. The van der Waals surface area contributed by atoms with Crippen LogP contribution in [0.15, 0.2) is 84.9 Å². The molecule has 9 heteroatoms. The zero-order valence-corrected chi connectivity index (χ0v) is 25.7. The van der Waals surface area contributed by atoms with Crippen molar-refractivity contribution in [2.75, 3.05) is 26.2 Å². The van der Waals surface area contributed by atoms with Gasteiger partial charge >= 0.3 is 18.0 Å². The maximum absolute atomic E-state index is 13.5. The van der Waals surface area contributed by atoms with E-state index < -0.39 is 29.9 Å². The van der Waals surface area contributed by atoms with E-state index in [1.807, 2.05) is 98.8 Å². The Balaban J connectivity index is 1.71. The van der Waals surface area contributed by atoms with Crippen molar-refractivity contribution < 1.29 is 29.0 Å². The summed E-state index contributed by atoms with van der Waals surface area (Å²) in [5, 5.41) is 15.3. The number of hydrogen-bond donors (Lipinski definition) is 3. The van der Waals surface area contributed by atoms with E-state index in [1.165, 1.54) is 11.8 Å². The van der Waals surface area contributed by atoms with Gasteiger partial charge < -0.3 is 25.4 Å². The largest absolute Gasteiger partial charge is 0.480 e. The molecule has 0 saturated heterocycles. The highest BCUT2D eigenvalue weighted by molar-refractivity contribution is 5.83. The number of carboxylic acids is 1. The Kier molecular flexibility index (Phi) is 13.4. The van der Waals surface area contributed by atoms with E-state index in [2.05, 4.69) is 10.6 Å². The van der Waals surface area contributed by atoms with E-state index in [1.54, 1.807) is 0 Å². The molecule has 0 aliphatic carbocycles. The zero-order valence-electron chi connectivity index (χ0n) is 25.7. The molecule has 0 spiro atoms. The van der Waals surface area contributed by atoms with Crippen LogP contribution < -0.4 is 10.6 Å². The van der Waals surface area contributed by atoms with Crippen LogP contribution in [0.3, 0.4) is 0 Å². The number of esters is 1. The lowest BCUT2D eigenvalue weighted by Crippen LogP contribution is -2.51. The van der Waals surface area contributed by atoms with Gasteiger partial charge in [-0.15, -0.1) is 0 Å². The minimum Gasteiger partial charge on any atom is -0.480 e. The van der Waals surface area contributed by atoms with Gasteiger partial charge in [-0.25, -0.2) is 9.59 Å². The Morgan fingerprint density at radius 1 is 0.818 bits per heavy atom. The molecule has 3 amide bonds. The maximum Gasteiger partial charge on any atom is 0.326 e. The Hall–Kier alpha value is -4.66. The van der Waals surface area contributed by atoms with E-state index in [4.69, 9.17) is 4.74 Å². The van der Waals surface area contributed by atoms with Crippen LogP contribution in [0.2, 0.25) is 0 Å². The first-order valence-corrected chi connectivity index (χ1v) is 15.0. The van der Waals surface area contributed by atoms with Gasteiger partial charge in [0.05, 0.1) is 12.5 Å². The lowest BCUT2D eigenvalue weighted by molar-refractivity contribution is -0.149. The summed E-state index contributed by atoms with van der Waals surface area (Å²) in [7, 11) is 0. The summed E-state index contributed by atoms with van der Waals surface area (Å²) in [6.07, 6.45) is 1.13. The molecule has 0 radical (unpaired) electrons. The van der Waals surface area contributed by atoms with Gasteiger partial charge in [-0.2, -0.15) is 0 Å². The average Bonchev–Trinajstić information content (AvgIpc) is 3.01. The first-order valence-electron chi connectivity index (χ1n) is 15.0. The van der Waals surface area contributed by atoms with Crippen LogP contribution >= 0.6 is 0 Å². The second-order valence-corrected chi connectivity index (χ2v) is 11.3. The fraction of sp³-hybridized carbons (Fsp3) is 0.371. The summed E-state index contributed by atoms with van der Waals surface area (Å²) in [4.78, 5) is 51.6. The highest BCUT2D eigenvalue weighted by Gasteiger charge is 2.29. The molecule has 0 aromatic heterocycles. The van der Waals surface area contributed by atoms with E-state index in [-0.39, 0.29) is 37.9 Å². The number of hydrogen-bond acceptors (Lipinski definition) is 5. The highest BCUT2D eigenvalue weighted by atomic mass is 16.5. The summed E-state index contributed by atoms with van der Waals surface area (Å²) >= 11 is 0. The molecule has 9 nitrogen and oxygen atoms in total.